The molecule has 0 bridgehead atoms. The Hall–Kier alpha value is -3.12. The number of rotatable bonds is 4. The number of benzene rings is 2. The summed E-state index contributed by atoms with van der Waals surface area (Å²) in [5.41, 5.74) is 0.996. The summed E-state index contributed by atoms with van der Waals surface area (Å²) in [7, 11) is 0. The van der Waals surface area contributed by atoms with E-state index in [0.717, 1.165) is 0 Å². The molecule has 0 atom stereocenters. The minimum Gasteiger partial charge on any atom is -0.504 e. The molecule has 6 nitrogen and oxygen atoms in total. The van der Waals surface area contributed by atoms with Crippen molar-refractivity contribution in [3.63, 3.8) is 0 Å². The van der Waals surface area contributed by atoms with Gasteiger partial charge < -0.3 is 15.3 Å². The van der Waals surface area contributed by atoms with Gasteiger partial charge in [-0.2, -0.15) is 0 Å². The largest absolute Gasteiger partial charge is 0.504 e. The number of phenolic OH excluding ortho intramolecular Hbond substituents is 2. The fourth-order valence-corrected chi connectivity index (χ4v) is 2.44. The van der Waals surface area contributed by atoms with Crippen LogP contribution in [0.3, 0.4) is 0 Å². The van der Waals surface area contributed by atoms with E-state index < -0.39 is 0 Å². The number of aromatic nitrogens is 2. The molecule has 122 valence electrons. The van der Waals surface area contributed by atoms with E-state index in [9.17, 15) is 20.1 Å². The van der Waals surface area contributed by atoms with E-state index in [1.165, 1.54) is 16.7 Å². The fraction of sp³-hybridized carbons (Fsp3) is 0.111. The van der Waals surface area contributed by atoms with Crippen LogP contribution in [0.4, 0.5) is 0 Å². The number of hydrogen-bond acceptors (Lipinski definition) is 5. The van der Waals surface area contributed by atoms with Crippen LogP contribution >= 0.6 is 0 Å². The van der Waals surface area contributed by atoms with E-state index in [1.54, 1.807) is 42.5 Å². The third kappa shape index (κ3) is 3.00. The topological polar surface area (TPSA) is 95.6 Å². The molecule has 0 aliphatic heterocycles. The number of para-hydroxylation sites is 1. The number of hydrogen-bond donors (Lipinski definition) is 3. The third-order valence-corrected chi connectivity index (χ3v) is 3.64. The van der Waals surface area contributed by atoms with Gasteiger partial charge in [0.25, 0.3) is 5.56 Å². The average Bonchev–Trinajstić information content (AvgIpc) is 2.59. The summed E-state index contributed by atoms with van der Waals surface area (Å²) >= 11 is 0. The Balaban J connectivity index is 2.10. The van der Waals surface area contributed by atoms with Crippen LogP contribution in [-0.2, 0) is 6.54 Å². The Kier molecular flexibility index (Phi) is 4.31. The van der Waals surface area contributed by atoms with Gasteiger partial charge in [0.1, 0.15) is 5.82 Å². The van der Waals surface area contributed by atoms with Gasteiger partial charge in [0.05, 0.1) is 24.1 Å². The first-order chi connectivity index (χ1) is 11.6. The van der Waals surface area contributed by atoms with Crippen LogP contribution in [0.25, 0.3) is 23.1 Å². The molecule has 3 aromatic rings. The Morgan fingerprint density at radius 3 is 2.58 bits per heavy atom. The van der Waals surface area contributed by atoms with Crippen molar-refractivity contribution in [1.82, 2.24) is 9.55 Å². The van der Waals surface area contributed by atoms with Crippen LogP contribution < -0.4 is 5.56 Å². The van der Waals surface area contributed by atoms with Crippen LogP contribution in [0, 0.1) is 0 Å². The molecule has 0 saturated carbocycles. The lowest BCUT2D eigenvalue weighted by Gasteiger charge is -2.09. The fourth-order valence-electron chi connectivity index (χ4n) is 2.44. The van der Waals surface area contributed by atoms with Crippen molar-refractivity contribution < 1.29 is 15.3 Å². The molecule has 0 aliphatic carbocycles. The summed E-state index contributed by atoms with van der Waals surface area (Å²) in [6, 6.07) is 11.4. The summed E-state index contributed by atoms with van der Waals surface area (Å²) in [5, 5.41) is 28.6. The number of nitrogens with zero attached hydrogens (tertiary/aromatic N) is 2. The zero-order valence-corrected chi connectivity index (χ0v) is 12.8. The molecule has 3 N–H and O–H groups in total. The standard InChI is InChI=1S/C18H16N2O4/c21-10-9-20-17(8-6-12-5-7-15(22)16(23)11-12)19-14-4-2-1-3-13(14)18(20)24/h1-8,11,21-23H,9-10H2/b8-6+. The lowest BCUT2D eigenvalue weighted by molar-refractivity contribution is 0.273. The van der Waals surface area contributed by atoms with Gasteiger partial charge in [-0.25, -0.2) is 4.98 Å². The summed E-state index contributed by atoms with van der Waals surface area (Å²) in [5.74, 6) is -0.0233. The summed E-state index contributed by atoms with van der Waals surface area (Å²) in [4.78, 5) is 17.0. The molecule has 3 rings (SSSR count). The monoisotopic (exact) mass is 324 g/mol. The smallest absolute Gasteiger partial charge is 0.261 e. The van der Waals surface area contributed by atoms with E-state index >= 15 is 0 Å². The molecular formula is C18H16N2O4. The van der Waals surface area contributed by atoms with Gasteiger partial charge in [-0.3, -0.25) is 9.36 Å². The zero-order chi connectivity index (χ0) is 17.1. The first-order valence-corrected chi connectivity index (χ1v) is 7.40. The van der Waals surface area contributed by atoms with Crippen LogP contribution in [0.15, 0.2) is 47.3 Å². The molecule has 6 heteroatoms. The van der Waals surface area contributed by atoms with Crippen molar-refractivity contribution in [2.24, 2.45) is 0 Å². The van der Waals surface area contributed by atoms with E-state index in [1.807, 2.05) is 0 Å². The van der Waals surface area contributed by atoms with Crippen LogP contribution in [0.5, 0.6) is 11.5 Å². The molecule has 0 radical (unpaired) electrons. The second-order valence-corrected chi connectivity index (χ2v) is 5.25. The van der Waals surface area contributed by atoms with E-state index in [0.29, 0.717) is 22.3 Å². The highest BCUT2D eigenvalue weighted by Crippen LogP contribution is 2.25. The van der Waals surface area contributed by atoms with Gasteiger partial charge in [0.15, 0.2) is 11.5 Å². The number of fused-ring (bicyclic) bond motifs is 1. The quantitative estimate of drug-likeness (QED) is 0.638. The van der Waals surface area contributed by atoms with E-state index in [2.05, 4.69) is 4.98 Å². The average molecular weight is 324 g/mol. The van der Waals surface area contributed by atoms with Crippen molar-refractivity contribution in [2.75, 3.05) is 6.61 Å². The number of phenols is 2. The Morgan fingerprint density at radius 1 is 1.04 bits per heavy atom. The SMILES string of the molecule is O=c1c2ccccc2nc(/C=C/c2ccc(O)c(O)c2)n1CCO. The van der Waals surface area contributed by atoms with Crippen molar-refractivity contribution in [1.29, 1.82) is 0 Å². The Morgan fingerprint density at radius 2 is 1.83 bits per heavy atom. The normalized spacial score (nSPS) is 11.4. The number of aliphatic hydroxyl groups excluding tert-OH is 1. The van der Waals surface area contributed by atoms with Crippen LogP contribution in [0.1, 0.15) is 11.4 Å². The molecule has 24 heavy (non-hydrogen) atoms. The molecule has 0 spiro atoms. The zero-order valence-electron chi connectivity index (χ0n) is 12.8. The predicted octanol–water partition coefficient (Wildman–Crippen LogP) is 1.97. The van der Waals surface area contributed by atoms with Crippen molar-refractivity contribution in [2.45, 2.75) is 6.54 Å². The molecule has 1 heterocycles. The van der Waals surface area contributed by atoms with Gasteiger partial charge in [-0.15, -0.1) is 0 Å². The molecule has 2 aromatic carbocycles. The predicted molar refractivity (Wildman–Crippen MR) is 91.8 cm³/mol. The van der Waals surface area contributed by atoms with Crippen molar-refractivity contribution in [3.8, 4) is 11.5 Å². The maximum absolute atomic E-state index is 12.6. The Bertz CT molecular complexity index is 976. The van der Waals surface area contributed by atoms with Crippen molar-refractivity contribution >= 4 is 23.1 Å². The second kappa shape index (κ2) is 6.55. The summed E-state index contributed by atoms with van der Waals surface area (Å²) in [6.45, 7) is -0.0437. The number of aliphatic hydroxyl groups is 1. The van der Waals surface area contributed by atoms with Crippen molar-refractivity contribution in [3.05, 3.63) is 64.2 Å². The molecule has 0 amide bonds. The van der Waals surface area contributed by atoms with Gasteiger partial charge in [0, 0.05) is 0 Å². The highest BCUT2D eigenvalue weighted by atomic mass is 16.3. The van der Waals surface area contributed by atoms with Crippen LogP contribution in [0.2, 0.25) is 0 Å². The van der Waals surface area contributed by atoms with Crippen LogP contribution in [-0.4, -0.2) is 31.5 Å². The van der Waals surface area contributed by atoms with Gasteiger partial charge in [-0.1, -0.05) is 24.3 Å². The molecule has 0 unspecified atom stereocenters. The maximum atomic E-state index is 12.6. The molecule has 0 aliphatic rings. The first kappa shape index (κ1) is 15.8. The second-order valence-electron chi connectivity index (χ2n) is 5.25. The third-order valence-electron chi connectivity index (χ3n) is 3.64. The highest BCUT2D eigenvalue weighted by Gasteiger charge is 2.08. The summed E-state index contributed by atoms with van der Waals surface area (Å²) < 4.78 is 1.40. The first-order valence-electron chi connectivity index (χ1n) is 7.40. The highest BCUT2D eigenvalue weighted by molar-refractivity contribution is 5.79. The lowest BCUT2D eigenvalue weighted by Crippen LogP contribution is -2.25. The molecular weight excluding hydrogens is 308 g/mol. The van der Waals surface area contributed by atoms with Gasteiger partial charge >= 0.3 is 0 Å². The maximum Gasteiger partial charge on any atom is 0.261 e. The minimum absolute atomic E-state index is 0.136. The lowest BCUT2D eigenvalue weighted by atomic mass is 10.2. The van der Waals surface area contributed by atoms with Gasteiger partial charge in [0.2, 0.25) is 0 Å². The molecule has 0 saturated heterocycles. The van der Waals surface area contributed by atoms with E-state index in [-0.39, 0.29) is 30.2 Å². The Labute approximate surface area is 137 Å². The van der Waals surface area contributed by atoms with E-state index in [4.69, 9.17) is 0 Å². The molecule has 0 fully saturated rings. The van der Waals surface area contributed by atoms with Gasteiger partial charge in [-0.05, 0) is 35.9 Å². The summed E-state index contributed by atoms with van der Waals surface area (Å²) in [6.07, 6.45) is 3.30. The number of aromatic hydroxyl groups is 2. The minimum atomic E-state index is -0.226. The molecule has 1 aromatic heterocycles.